The third-order valence-electron chi connectivity index (χ3n) is 2.02. The normalized spacial score (nSPS) is 11.6. The molecule has 4 heteroatoms. The highest BCUT2D eigenvalue weighted by Gasteiger charge is 2.11. The Bertz CT molecular complexity index is 379. The molecule has 0 saturated carbocycles. The molecular formula is C12H15FN2O. The number of carbonyl (C=O) groups excluding carboxylic acids is 1. The van der Waals surface area contributed by atoms with E-state index in [0.29, 0.717) is 12.2 Å². The first-order valence-electron chi connectivity index (χ1n) is 5.04. The Hall–Kier alpha value is -1.84. The summed E-state index contributed by atoms with van der Waals surface area (Å²) in [7, 11) is 0. The fourth-order valence-electron chi connectivity index (χ4n) is 1.22. The molecule has 0 bridgehead atoms. The molecule has 16 heavy (non-hydrogen) atoms. The summed E-state index contributed by atoms with van der Waals surface area (Å²) < 4.78 is 12.9. The van der Waals surface area contributed by atoms with E-state index in [4.69, 9.17) is 0 Å². The number of nitrogens with one attached hydrogen (secondary N) is 2. The van der Waals surface area contributed by atoms with Gasteiger partial charge < -0.3 is 10.6 Å². The third kappa shape index (κ3) is 3.73. The number of carbonyl (C=O) groups is 1. The third-order valence-corrected chi connectivity index (χ3v) is 2.02. The molecule has 0 aliphatic rings. The van der Waals surface area contributed by atoms with Gasteiger partial charge in [-0.1, -0.05) is 12.1 Å². The molecule has 0 aromatic heterocycles. The zero-order valence-corrected chi connectivity index (χ0v) is 9.16. The van der Waals surface area contributed by atoms with Gasteiger partial charge in [0, 0.05) is 12.2 Å². The van der Waals surface area contributed by atoms with Crippen LogP contribution in [-0.4, -0.2) is 18.5 Å². The van der Waals surface area contributed by atoms with Crippen LogP contribution in [0.2, 0.25) is 0 Å². The first-order valence-corrected chi connectivity index (χ1v) is 5.04. The minimum Gasteiger partial charge on any atom is -0.374 e. The van der Waals surface area contributed by atoms with Crippen molar-refractivity contribution in [2.75, 3.05) is 11.9 Å². The molecule has 0 aliphatic heterocycles. The van der Waals surface area contributed by atoms with E-state index in [2.05, 4.69) is 17.2 Å². The van der Waals surface area contributed by atoms with Gasteiger partial charge in [-0.15, -0.1) is 6.58 Å². The number of anilines is 1. The van der Waals surface area contributed by atoms with Crippen molar-refractivity contribution in [3.05, 3.63) is 42.7 Å². The summed E-state index contributed by atoms with van der Waals surface area (Å²) in [6.45, 7) is 5.64. The SMILES string of the molecule is C=CCNC(=O)C(C)Nc1cccc(F)c1. The molecule has 3 nitrogen and oxygen atoms in total. The van der Waals surface area contributed by atoms with Gasteiger partial charge in [0.1, 0.15) is 11.9 Å². The van der Waals surface area contributed by atoms with E-state index >= 15 is 0 Å². The Kier molecular flexibility index (Phi) is 4.51. The molecule has 1 aromatic rings. The van der Waals surface area contributed by atoms with E-state index in [1.54, 1.807) is 25.1 Å². The number of benzene rings is 1. The molecule has 0 radical (unpaired) electrons. The van der Waals surface area contributed by atoms with E-state index < -0.39 is 6.04 Å². The van der Waals surface area contributed by atoms with Crippen LogP contribution >= 0.6 is 0 Å². The maximum Gasteiger partial charge on any atom is 0.242 e. The van der Waals surface area contributed by atoms with Crippen LogP contribution in [0.3, 0.4) is 0 Å². The van der Waals surface area contributed by atoms with Gasteiger partial charge in [0.25, 0.3) is 0 Å². The second kappa shape index (κ2) is 5.90. The smallest absolute Gasteiger partial charge is 0.242 e. The number of hydrogen-bond acceptors (Lipinski definition) is 2. The van der Waals surface area contributed by atoms with E-state index in [9.17, 15) is 9.18 Å². The maximum atomic E-state index is 12.9. The first-order chi connectivity index (χ1) is 7.63. The van der Waals surface area contributed by atoms with Gasteiger partial charge >= 0.3 is 0 Å². The van der Waals surface area contributed by atoms with Crippen molar-refractivity contribution in [1.82, 2.24) is 5.32 Å². The lowest BCUT2D eigenvalue weighted by Crippen LogP contribution is -2.37. The minimum absolute atomic E-state index is 0.149. The van der Waals surface area contributed by atoms with Crippen molar-refractivity contribution in [3.8, 4) is 0 Å². The number of rotatable bonds is 5. The number of amides is 1. The molecule has 0 saturated heterocycles. The van der Waals surface area contributed by atoms with Gasteiger partial charge in [-0.05, 0) is 25.1 Å². The van der Waals surface area contributed by atoms with Crippen LogP contribution < -0.4 is 10.6 Å². The summed E-state index contributed by atoms with van der Waals surface area (Å²) in [4.78, 5) is 11.5. The summed E-state index contributed by atoms with van der Waals surface area (Å²) in [5.41, 5.74) is 0.584. The molecule has 2 N–H and O–H groups in total. The average molecular weight is 222 g/mol. The van der Waals surface area contributed by atoms with Crippen molar-refractivity contribution in [2.45, 2.75) is 13.0 Å². The largest absolute Gasteiger partial charge is 0.374 e. The van der Waals surface area contributed by atoms with Crippen molar-refractivity contribution in [1.29, 1.82) is 0 Å². The topological polar surface area (TPSA) is 41.1 Å². The summed E-state index contributed by atoms with van der Waals surface area (Å²) in [6, 6.07) is 5.58. The first kappa shape index (κ1) is 12.2. The minimum atomic E-state index is -0.415. The molecule has 1 rings (SSSR count). The zero-order valence-electron chi connectivity index (χ0n) is 9.16. The number of hydrogen-bond donors (Lipinski definition) is 2. The second-order valence-corrected chi connectivity index (χ2v) is 3.41. The van der Waals surface area contributed by atoms with Crippen LogP contribution in [0.5, 0.6) is 0 Å². The van der Waals surface area contributed by atoms with E-state index in [1.165, 1.54) is 12.1 Å². The summed E-state index contributed by atoms with van der Waals surface area (Å²) in [5, 5.41) is 5.56. The van der Waals surface area contributed by atoms with Gasteiger partial charge in [0.15, 0.2) is 0 Å². The lowest BCUT2D eigenvalue weighted by Gasteiger charge is -2.14. The van der Waals surface area contributed by atoms with E-state index in [-0.39, 0.29) is 11.7 Å². The molecular weight excluding hydrogens is 207 g/mol. The monoisotopic (exact) mass is 222 g/mol. The lowest BCUT2D eigenvalue weighted by atomic mass is 10.2. The van der Waals surface area contributed by atoms with Crippen molar-refractivity contribution in [3.63, 3.8) is 0 Å². The molecule has 1 unspecified atom stereocenters. The molecule has 0 aliphatic carbocycles. The lowest BCUT2D eigenvalue weighted by molar-refractivity contribution is -0.121. The van der Waals surface area contributed by atoms with E-state index in [1.807, 2.05) is 0 Å². The molecule has 0 spiro atoms. The Balaban J connectivity index is 2.53. The van der Waals surface area contributed by atoms with Gasteiger partial charge in [-0.3, -0.25) is 4.79 Å². The summed E-state index contributed by atoms with van der Waals surface area (Å²) >= 11 is 0. The average Bonchev–Trinajstić information content (AvgIpc) is 2.25. The van der Waals surface area contributed by atoms with Gasteiger partial charge in [-0.25, -0.2) is 4.39 Å². The molecule has 1 aromatic carbocycles. The van der Waals surface area contributed by atoms with Crippen LogP contribution in [0.1, 0.15) is 6.92 Å². The highest BCUT2D eigenvalue weighted by molar-refractivity contribution is 5.84. The fourth-order valence-corrected chi connectivity index (χ4v) is 1.22. The number of halogens is 1. The van der Waals surface area contributed by atoms with Crippen LogP contribution in [0.4, 0.5) is 10.1 Å². The van der Waals surface area contributed by atoms with Crippen LogP contribution in [0.25, 0.3) is 0 Å². The van der Waals surface area contributed by atoms with Crippen LogP contribution in [0.15, 0.2) is 36.9 Å². The Morgan fingerprint density at radius 2 is 2.38 bits per heavy atom. The van der Waals surface area contributed by atoms with E-state index in [0.717, 1.165) is 0 Å². The van der Waals surface area contributed by atoms with Crippen molar-refractivity contribution < 1.29 is 9.18 Å². The zero-order chi connectivity index (χ0) is 12.0. The van der Waals surface area contributed by atoms with Gasteiger partial charge in [0.05, 0.1) is 0 Å². The standard InChI is InChI=1S/C12H15FN2O/c1-3-7-14-12(16)9(2)15-11-6-4-5-10(13)8-11/h3-6,8-9,15H,1,7H2,2H3,(H,14,16). The van der Waals surface area contributed by atoms with Crippen molar-refractivity contribution >= 4 is 11.6 Å². The van der Waals surface area contributed by atoms with Gasteiger partial charge in [0.2, 0.25) is 5.91 Å². The summed E-state index contributed by atoms with van der Waals surface area (Å²) in [6.07, 6.45) is 1.60. The van der Waals surface area contributed by atoms with Crippen LogP contribution in [-0.2, 0) is 4.79 Å². The Labute approximate surface area is 94.4 Å². The quantitative estimate of drug-likeness (QED) is 0.747. The summed E-state index contributed by atoms with van der Waals surface area (Å²) in [5.74, 6) is -0.479. The van der Waals surface area contributed by atoms with Crippen molar-refractivity contribution in [2.24, 2.45) is 0 Å². The molecule has 0 fully saturated rings. The Morgan fingerprint density at radius 1 is 1.62 bits per heavy atom. The maximum absolute atomic E-state index is 12.9. The molecule has 1 amide bonds. The highest BCUT2D eigenvalue weighted by atomic mass is 19.1. The van der Waals surface area contributed by atoms with Gasteiger partial charge in [-0.2, -0.15) is 0 Å². The second-order valence-electron chi connectivity index (χ2n) is 3.41. The highest BCUT2D eigenvalue weighted by Crippen LogP contribution is 2.10. The molecule has 1 atom stereocenters. The fraction of sp³-hybridized carbons (Fsp3) is 0.250. The Morgan fingerprint density at radius 3 is 3.00 bits per heavy atom. The predicted octanol–water partition coefficient (Wildman–Crippen LogP) is 1.93. The van der Waals surface area contributed by atoms with Crippen LogP contribution in [0, 0.1) is 5.82 Å². The molecule has 0 heterocycles. The predicted molar refractivity (Wildman–Crippen MR) is 62.7 cm³/mol. The molecule has 86 valence electrons.